The Kier molecular flexibility index (Phi) is 4.69. The molecule has 71 valence electrons. The molecule has 0 bridgehead atoms. The van der Waals surface area contributed by atoms with Crippen LogP contribution in [0.1, 0.15) is 26.2 Å². The minimum atomic E-state index is 0.680. The molecule has 0 aliphatic carbocycles. The van der Waals surface area contributed by atoms with Crippen LogP contribution in [0.3, 0.4) is 0 Å². The van der Waals surface area contributed by atoms with Crippen LogP contribution in [0, 0.1) is 6.07 Å². The monoisotopic (exact) mass is 196 g/mol. The van der Waals surface area contributed by atoms with Gasteiger partial charge < -0.3 is 5.32 Å². The molecule has 1 radical (unpaired) electrons. The van der Waals surface area contributed by atoms with Gasteiger partial charge in [0.15, 0.2) is 0 Å². The predicted octanol–water partition coefficient (Wildman–Crippen LogP) is 3.74. The van der Waals surface area contributed by atoms with Crippen molar-refractivity contribution in [1.82, 2.24) is 0 Å². The lowest BCUT2D eigenvalue weighted by Gasteiger charge is -2.06. The molecule has 0 unspecified atom stereocenters. The van der Waals surface area contributed by atoms with Gasteiger partial charge in [-0.3, -0.25) is 0 Å². The average Bonchev–Trinajstić information content (AvgIpc) is 2.15. The molecule has 2 heteroatoms. The molecule has 0 amide bonds. The largest absolute Gasteiger partial charge is 0.384 e. The van der Waals surface area contributed by atoms with Crippen LogP contribution in [-0.4, -0.2) is 6.54 Å². The standard InChI is InChI=1S/C11H15ClN/c1-2-3-6-9-13-11-8-5-4-7-10(11)12/h4-5,8,13H,2-3,6,9H2,1H3. The van der Waals surface area contributed by atoms with Crippen molar-refractivity contribution in [3.63, 3.8) is 0 Å². The van der Waals surface area contributed by atoms with Crippen molar-refractivity contribution in [3.8, 4) is 0 Å². The van der Waals surface area contributed by atoms with Crippen molar-refractivity contribution in [2.75, 3.05) is 11.9 Å². The van der Waals surface area contributed by atoms with E-state index in [0.29, 0.717) is 5.02 Å². The maximum atomic E-state index is 5.92. The van der Waals surface area contributed by atoms with E-state index in [9.17, 15) is 0 Å². The Bertz CT molecular complexity index is 248. The van der Waals surface area contributed by atoms with Crippen LogP contribution >= 0.6 is 11.6 Å². The number of benzene rings is 1. The van der Waals surface area contributed by atoms with Gasteiger partial charge in [-0.15, -0.1) is 0 Å². The molecule has 0 aromatic heterocycles. The van der Waals surface area contributed by atoms with Crippen LogP contribution in [0.25, 0.3) is 0 Å². The van der Waals surface area contributed by atoms with E-state index >= 15 is 0 Å². The molecule has 0 saturated heterocycles. The summed E-state index contributed by atoms with van der Waals surface area (Å²) in [6.07, 6.45) is 3.71. The highest BCUT2D eigenvalue weighted by molar-refractivity contribution is 6.33. The van der Waals surface area contributed by atoms with Crippen molar-refractivity contribution in [2.45, 2.75) is 26.2 Å². The molecule has 0 heterocycles. The molecule has 1 aromatic carbocycles. The molecule has 0 saturated carbocycles. The number of rotatable bonds is 5. The van der Waals surface area contributed by atoms with E-state index in [4.69, 9.17) is 11.6 Å². The SMILES string of the molecule is CCCCCNc1ccc[c]c1Cl. The van der Waals surface area contributed by atoms with Crippen molar-refractivity contribution >= 4 is 17.3 Å². The summed E-state index contributed by atoms with van der Waals surface area (Å²) < 4.78 is 0. The summed E-state index contributed by atoms with van der Waals surface area (Å²) in [5.74, 6) is 0. The summed E-state index contributed by atoms with van der Waals surface area (Å²) in [6, 6.07) is 8.68. The third kappa shape index (κ3) is 3.69. The van der Waals surface area contributed by atoms with Gasteiger partial charge in [0.1, 0.15) is 0 Å². The fourth-order valence-electron chi connectivity index (χ4n) is 1.15. The molecule has 13 heavy (non-hydrogen) atoms. The average molecular weight is 197 g/mol. The highest BCUT2D eigenvalue weighted by atomic mass is 35.5. The molecular weight excluding hydrogens is 182 g/mol. The first-order valence-electron chi connectivity index (χ1n) is 4.74. The number of hydrogen-bond donors (Lipinski definition) is 1. The Hall–Kier alpha value is -0.690. The Morgan fingerprint density at radius 3 is 3.00 bits per heavy atom. The van der Waals surface area contributed by atoms with Crippen molar-refractivity contribution in [2.24, 2.45) is 0 Å². The van der Waals surface area contributed by atoms with Gasteiger partial charge in [0.2, 0.25) is 0 Å². The second-order valence-corrected chi connectivity index (χ2v) is 3.41. The van der Waals surface area contributed by atoms with Crippen LogP contribution in [0.5, 0.6) is 0 Å². The normalized spacial score (nSPS) is 10.0. The Morgan fingerprint density at radius 2 is 2.31 bits per heavy atom. The minimum absolute atomic E-state index is 0.680. The van der Waals surface area contributed by atoms with Gasteiger partial charge in [-0.05, 0) is 12.5 Å². The fourth-order valence-corrected chi connectivity index (χ4v) is 1.34. The van der Waals surface area contributed by atoms with Gasteiger partial charge >= 0.3 is 0 Å². The first-order valence-corrected chi connectivity index (χ1v) is 5.12. The third-order valence-electron chi connectivity index (χ3n) is 1.90. The maximum absolute atomic E-state index is 5.92. The van der Waals surface area contributed by atoms with Crippen LogP contribution in [0.2, 0.25) is 5.02 Å². The second-order valence-electron chi connectivity index (χ2n) is 3.03. The van der Waals surface area contributed by atoms with Crippen molar-refractivity contribution in [1.29, 1.82) is 0 Å². The molecule has 1 rings (SSSR count). The summed E-state index contributed by atoms with van der Waals surface area (Å²) in [5.41, 5.74) is 0.986. The van der Waals surface area contributed by atoms with Crippen molar-refractivity contribution < 1.29 is 0 Å². The van der Waals surface area contributed by atoms with Crippen LogP contribution in [0.15, 0.2) is 18.2 Å². The van der Waals surface area contributed by atoms with E-state index in [2.05, 4.69) is 18.3 Å². The summed E-state index contributed by atoms with van der Waals surface area (Å²) in [5, 5.41) is 3.96. The Labute approximate surface area is 85.1 Å². The number of anilines is 1. The zero-order valence-corrected chi connectivity index (χ0v) is 8.69. The molecule has 0 fully saturated rings. The van der Waals surface area contributed by atoms with E-state index in [1.165, 1.54) is 19.3 Å². The Morgan fingerprint density at radius 1 is 1.46 bits per heavy atom. The maximum Gasteiger partial charge on any atom is 0.0716 e. The first kappa shape index (κ1) is 10.4. The molecular formula is C11H15ClN. The first-order chi connectivity index (χ1) is 6.34. The zero-order chi connectivity index (χ0) is 9.52. The summed E-state index contributed by atoms with van der Waals surface area (Å²) in [6.45, 7) is 3.19. The van der Waals surface area contributed by atoms with Gasteiger partial charge in [0.25, 0.3) is 0 Å². The minimum Gasteiger partial charge on any atom is -0.384 e. The van der Waals surface area contributed by atoms with Gasteiger partial charge in [-0.2, -0.15) is 0 Å². The fraction of sp³-hybridized carbons (Fsp3) is 0.455. The molecule has 1 nitrogen and oxygen atoms in total. The molecule has 1 N–H and O–H groups in total. The van der Waals surface area contributed by atoms with Gasteiger partial charge in [0.05, 0.1) is 10.7 Å². The van der Waals surface area contributed by atoms with Crippen LogP contribution < -0.4 is 5.32 Å². The molecule has 0 atom stereocenters. The predicted molar refractivity (Wildman–Crippen MR) is 58.3 cm³/mol. The van der Waals surface area contributed by atoms with E-state index < -0.39 is 0 Å². The van der Waals surface area contributed by atoms with Crippen molar-refractivity contribution in [3.05, 3.63) is 29.3 Å². The summed E-state index contributed by atoms with van der Waals surface area (Å²) in [7, 11) is 0. The molecule has 1 aromatic rings. The van der Waals surface area contributed by atoms with Gasteiger partial charge in [-0.25, -0.2) is 0 Å². The highest BCUT2D eigenvalue weighted by Gasteiger charge is 1.96. The number of nitrogens with one attached hydrogen (secondary N) is 1. The van der Waals surface area contributed by atoms with E-state index in [-0.39, 0.29) is 0 Å². The lowest BCUT2D eigenvalue weighted by molar-refractivity contribution is 0.744. The molecule has 0 aliphatic rings. The summed E-state index contributed by atoms with van der Waals surface area (Å²) >= 11 is 5.92. The molecule has 0 aliphatic heterocycles. The quantitative estimate of drug-likeness (QED) is 0.708. The van der Waals surface area contributed by atoms with Gasteiger partial charge in [-0.1, -0.05) is 43.5 Å². The number of unbranched alkanes of at least 4 members (excludes halogenated alkanes) is 2. The number of halogens is 1. The topological polar surface area (TPSA) is 12.0 Å². The number of hydrogen-bond acceptors (Lipinski definition) is 1. The lowest BCUT2D eigenvalue weighted by Crippen LogP contribution is -2.01. The third-order valence-corrected chi connectivity index (χ3v) is 2.21. The zero-order valence-electron chi connectivity index (χ0n) is 7.94. The Balaban J connectivity index is 2.32. The van der Waals surface area contributed by atoms with E-state index in [0.717, 1.165) is 12.2 Å². The summed E-state index contributed by atoms with van der Waals surface area (Å²) in [4.78, 5) is 0. The molecule has 0 spiro atoms. The second kappa shape index (κ2) is 5.87. The van der Waals surface area contributed by atoms with E-state index in [1.54, 1.807) is 0 Å². The highest BCUT2D eigenvalue weighted by Crippen LogP contribution is 2.19. The lowest BCUT2D eigenvalue weighted by atomic mass is 10.2. The van der Waals surface area contributed by atoms with Crippen LogP contribution in [-0.2, 0) is 0 Å². The van der Waals surface area contributed by atoms with Crippen LogP contribution in [0.4, 0.5) is 5.69 Å². The smallest absolute Gasteiger partial charge is 0.0716 e. The van der Waals surface area contributed by atoms with E-state index in [1.807, 2.05) is 18.2 Å². The van der Waals surface area contributed by atoms with Gasteiger partial charge in [0, 0.05) is 12.6 Å².